The van der Waals surface area contributed by atoms with Gasteiger partial charge in [-0.3, -0.25) is 4.90 Å². The van der Waals surface area contributed by atoms with Crippen molar-refractivity contribution >= 4 is 17.6 Å². The van der Waals surface area contributed by atoms with Gasteiger partial charge < -0.3 is 9.42 Å². The Balaban J connectivity index is 1.36. The average molecular weight is 371 g/mol. The largest absolute Gasteiger partial charge is 0.324 e. The molecule has 6 heteroatoms. The molecular weight excluding hydrogens is 348 g/mol. The highest BCUT2D eigenvalue weighted by Crippen LogP contribution is 2.23. The standard InChI is InChI=1S/C20H23ClN4O/c1-15-4-2-3-5-17(15)14-24-10-12-25(13-11-24)20-22-19(23-26-20)16-6-8-18(21)9-7-16/h4-9H,2-3,10-14H2,1H3. The Morgan fingerprint density at radius 1 is 1.04 bits per heavy atom. The van der Waals surface area contributed by atoms with Gasteiger partial charge in [0.2, 0.25) is 5.82 Å². The molecule has 0 atom stereocenters. The monoisotopic (exact) mass is 370 g/mol. The summed E-state index contributed by atoms with van der Waals surface area (Å²) >= 11 is 5.93. The third-order valence-corrected chi connectivity index (χ3v) is 5.32. The second-order valence-corrected chi connectivity index (χ2v) is 7.30. The molecule has 0 radical (unpaired) electrons. The Kier molecular flexibility index (Phi) is 5.09. The molecule has 2 aliphatic rings. The van der Waals surface area contributed by atoms with E-state index >= 15 is 0 Å². The lowest BCUT2D eigenvalue weighted by Crippen LogP contribution is -2.47. The zero-order valence-electron chi connectivity index (χ0n) is 15.0. The van der Waals surface area contributed by atoms with Gasteiger partial charge in [-0.2, -0.15) is 4.98 Å². The molecule has 0 unspecified atom stereocenters. The lowest BCUT2D eigenvalue weighted by molar-refractivity contribution is 0.269. The first-order valence-corrected chi connectivity index (χ1v) is 9.50. The first kappa shape index (κ1) is 17.3. The van der Waals surface area contributed by atoms with E-state index < -0.39 is 0 Å². The fourth-order valence-corrected chi connectivity index (χ4v) is 3.56. The number of hydrogen-bond acceptors (Lipinski definition) is 5. The fraction of sp³-hybridized carbons (Fsp3) is 0.400. The van der Waals surface area contributed by atoms with E-state index in [1.165, 1.54) is 24.0 Å². The normalized spacial score (nSPS) is 18.6. The molecule has 1 aromatic carbocycles. The number of hydrogen-bond donors (Lipinski definition) is 0. The number of allylic oxidation sites excluding steroid dienone is 2. The number of aromatic nitrogens is 2. The third kappa shape index (κ3) is 3.84. The van der Waals surface area contributed by atoms with Crippen molar-refractivity contribution in [2.75, 3.05) is 37.6 Å². The quantitative estimate of drug-likeness (QED) is 0.807. The molecule has 0 amide bonds. The van der Waals surface area contributed by atoms with E-state index in [4.69, 9.17) is 16.1 Å². The highest BCUT2D eigenvalue weighted by molar-refractivity contribution is 6.30. The highest BCUT2D eigenvalue weighted by Gasteiger charge is 2.22. The summed E-state index contributed by atoms with van der Waals surface area (Å²) in [6.45, 7) is 7.07. The van der Waals surface area contributed by atoms with Crippen molar-refractivity contribution in [3.8, 4) is 11.4 Å². The summed E-state index contributed by atoms with van der Waals surface area (Å²) < 4.78 is 5.48. The number of halogens is 1. The molecule has 1 aliphatic carbocycles. The van der Waals surface area contributed by atoms with E-state index in [1.807, 2.05) is 24.3 Å². The van der Waals surface area contributed by atoms with Gasteiger partial charge in [0.05, 0.1) is 0 Å². The molecule has 1 aromatic heterocycles. The molecule has 2 aromatic rings. The molecule has 0 bridgehead atoms. The molecule has 136 valence electrons. The second-order valence-electron chi connectivity index (χ2n) is 6.86. The van der Waals surface area contributed by atoms with Crippen LogP contribution in [0.1, 0.15) is 19.8 Å². The Bertz CT molecular complexity index is 817. The van der Waals surface area contributed by atoms with Crippen molar-refractivity contribution in [1.29, 1.82) is 0 Å². The summed E-state index contributed by atoms with van der Waals surface area (Å²) in [5.74, 6) is 0.604. The van der Waals surface area contributed by atoms with Gasteiger partial charge in [0, 0.05) is 43.3 Å². The average Bonchev–Trinajstić information content (AvgIpc) is 3.15. The predicted octanol–water partition coefficient (Wildman–Crippen LogP) is 4.18. The lowest BCUT2D eigenvalue weighted by Gasteiger charge is -2.34. The number of rotatable bonds is 4. The molecule has 0 spiro atoms. The van der Waals surface area contributed by atoms with E-state index in [1.54, 1.807) is 0 Å². The van der Waals surface area contributed by atoms with Gasteiger partial charge in [0.15, 0.2) is 0 Å². The highest BCUT2D eigenvalue weighted by atomic mass is 35.5. The first-order chi connectivity index (χ1) is 12.7. The van der Waals surface area contributed by atoms with Crippen LogP contribution in [0.25, 0.3) is 11.4 Å². The molecule has 0 N–H and O–H groups in total. The minimum absolute atomic E-state index is 0.600. The van der Waals surface area contributed by atoms with Gasteiger partial charge >= 0.3 is 6.01 Å². The van der Waals surface area contributed by atoms with Crippen LogP contribution < -0.4 is 4.90 Å². The van der Waals surface area contributed by atoms with E-state index in [-0.39, 0.29) is 0 Å². The molecule has 1 saturated heterocycles. The molecular formula is C20H23ClN4O. The van der Waals surface area contributed by atoms with Crippen LogP contribution in [0.15, 0.2) is 52.1 Å². The van der Waals surface area contributed by atoms with Crippen molar-refractivity contribution in [3.63, 3.8) is 0 Å². The maximum absolute atomic E-state index is 5.93. The molecule has 1 aliphatic heterocycles. The van der Waals surface area contributed by atoms with Crippen molar-refractivity contribution in [1.82, 2.24) is 15.0 Å². The van der Waals surface area contributed by atoms with E-state index in [2.05, 4.69) is 39.0 Å². The summed E-state index contributed by atoms with van der Waals surface area (Å²) in [7, 11) is 0. The molecule has 1 fully saturated rings. The Labute approximate surface area is 158 Å². The van der Waals surface area contributed by atoms with Crippen LogP contribution in [0.4, 0.5) is 6.01 Å². The Hall–Kier alpha value is -2.11. The number of benzene rings is 1. The van der Waals surface area contributed by atoms with E-state index in [9.17, 15) is 0 Å². The minimum atomic E-state index is 0.600. The van der Waals surface area contributed by atoms with Gasteiger partial charge in [0.25, 0.3) is 0 Å². The van der Waals surface area contributed by atoms with Gasteiger partial charge in [0.1, 0.15) is 0 Å². The second kappa shape index (κ2) is 7.64. The van der Waals surface area contributed by atoms with Crippen LogP contribution in [-0.2, 0) is 0 Å². The maximum Gasteiger partial charge on any atom is 0.324 e. The van der Waals surface area contributed by atoms with Gasteiger partial charge in [-0.25, -0.2) is 0 Å². The van der Waals surface area contributed by atoms with Gasteiger partial charge in [-0.05, 0) is 49.6 Å². The van der Waals surface area contributed by atoms with Crippen LogP contribution in [0.5, 0.6) is 0 Å². The summed E-state index contributed by atoms with van der Waals surface area (Å²) in [4.78, 5) is 9.22. The van der Waals surface area contributed by atoms with Crippen molar-refractivity contribution < 1.29 is 4.52 Å². The van der Waals surface area contributed by atoms with Crippen LogP contribution in [0, 0.1) is 0 Å². The van der Waals surface area contributed by atoms with Crippen LogP contribution in [-0.4, -0.2) is 47.8 Å². The fourth-order valence-electron chi connectivity index (χ4n) is 3.44. The van der Waals surface area contributed by atoms with Crippen molar-refractivity contribution in [2.45, 2.75) is 19.8 Å². The molecule has 2 heterocycles. The van der Waals surface area contributed by atoms with Crippen LogP contribution >= 0.6 is 11.6 Å². The first-order valence-electron chi connectivity index (χ1n) is 9.12. The Morgan fingerprint density at radius 3 is 2.50 bits per heavy atom. The number of anilines is 1. The Morgan fingerprint density at radius 2 is 1.77 bits per heavy atom. The molecule has 26 heavy (non-hydrogen) atoms. The van der Waals surface area contributed by atoms with Gasteiger partial charge in [-0.1, -0.05) is 34.5 Å². The third-order valence-electron chi connectivity index (χ3n) is 5.07. The predicted molar refractivity (Wildman–Crippen MR) is 104 cm³/mol. The SMILES string of the molecule is CC1=CCCC=C1CN1CCN(c2nc(-c3ccc(Cl)cc3)no2)CC1. The summed E-state index contributed by atoms with van der Waals surface area (Å²) in [5, 5.41) is 4.81. The van der Waals surface area contributed by atoms with Gasteiger partial charge in [-0.15, -0.1) is 0 Å². The summed E-state index contributed by atoms with van der Waals surface area (Å²) in [6, 6.07) is 8.08. The summed E-state index contributed by atoms with van der Waals surface area (Å²) in [5.41, 5.74) is 3.82. The lowest BCUT2D eigenvalue weighted by atomic mass is 9.98. The minimum Gasteiger partial charge on any atom is -0.322 e. The number of nitrogens with zero attached hydrogens (tertiary/aromatic N) is 4. The van der Waals surface area contributed by atoms with Crippen molar-refractivity contribution in [3.05, 3.63) is 52.6 Å². The van der Waals surface area contributed by atoms with E-state index in [0.29, 0.717) is 16.9 Å². The van der Waals surface area contributed by atoms with Crippen LogP contribution in [0.3, 0.4) is 0 Å². The maximum atomic E-state index is 5.93. The van der Waals surface area contributed by atoms with Crippen molar-refractivity contribution in [2.24, 2.45) is 0 Å². The van der Waals surface area contributed by atoms with E-state index in [0.717, 1.165) is 38.3 Å². The molecule has 5 nitrogen and oxygen atoms in total. The number of piperazine rings is 1. The smallest absolute Gasteiger partial charge is 0.322 e. The molecule has 0 saturated carbocycles. The zero-order chi connectivity index (χ0) is 17.9. The topological polar surface area (TPSA) is 45.4 Å². The summed E-state index contributed by atoms with van der Waals surface area (Å²) in [6.07, 6.45) is 7.08. The zero-order valence-corrected chi connectivity index (χ0v) is 15.7. The van der Waals surface area contributed by atoms with Crippen LogP contribution in [0.2, 0.25) is 5.02 Å². The molecule has 4 rings (SSSR count).